The molecule has 0 aromatic carbocycles. The van der Waals surface area contributed by atoms with Crippen molar-refractivity contribution >= 4 is 12.0 Å². The third-order valence-corrected chi connectivity index (χ3v) is 4.76. The highest BCUT2D eigenvalue weighted by Crippen LogP contribution is 2.38. The van der Waals surface area contributed by atoms with Gasteiger partial charge in [0.05, 0.1) is 5.41 Å². The summed E-state index contributed by atoms with van der Waals surface area (Å²) >= 11 is 0. The van der Waals surface area contributed by atoms with E-state index >= 15 is 0 Å². The lowest BCUT2D eigenvalue weighted by atomic mass is 9.76. The van der Waals surface area contributed by atoms with Gasteiger partial charge in [0.2, 0.25) is 0 Å². The van der Waals surface area contributed by atoms with E-state index in [0.29, 0.717) is 19.5 Å². The van der Waals surface area contributed by atoms with Crippen molar-refractivity contribution < 1.29 is 14.7 Å². The van der Waals surface area contributed by atoms with Crippen molar-refractivity contribution in [3.05, 3.63) is 0 Å². The predicted octanol–water partition coefficient (Wildman–Crippen LogP) is 2.56. The molecule has 5 nitrogen and oxygen atoms in total. The Labute approximate surface area is 121 Å². The van der Waals surface area contributed by atoms with Crippen LogP contribution in [0.3, 0.4) is 0 Å². The minimum atomic E-state index is -0.803. The van der Waals surface area contributed by atoms with Crippen molar-refractivity contribution in [1.82, 2.24) is 10.2 Å². The number of urea groups is 1. The maximum Gasteiger partial charge on any atom is 0.317 e. The van der Waals surface area contributed by atoms with Crippen LogP contribution in [0.2, 0.25) is 0 Å². The number of aliphatic carboxylic acids is 1. The lowest BCUT2D eigenvalue weighted by Gasteiger charge is -2.31. The summed E-state index contributed by atoms with van der Waals surface area (Å²) < 4.78 is 0. The lowest BCUT2D eigenvalue weighted by Crippen LogP contribution is -2.49. The molecule has 1 fully saturated rings. The number of likely N-dealkylation sites (tertiary alicyclic amines) is 1. The Bertz CT molecular complexity index is 387. The van der Waals surface area contributed by atoms with Crippen LogP contribution in [-0.4, -0.2) is 41.1 Å². The molecule has 2 unspecified atom stereocenters. The molecule has 2 amide bonds. The van der Waals surface area contributed by atoms with Gasteiger partial charge in [-0.05, 0) is 24.7 Å². The van der Waals surface area contributed by atoms with Crippen LogP contribution < -0.4 is 5.32 Å². The van der Waals surface area contributed by atoms with E-state index < -0.39 is 11.4 Å². The minimum Gasteiger partial charge on any atom is -0.481 e. The number of carboxylic acids is 1. The van der Waals surface area contributed by atoms with Crippen LogP contribution in [0.15, 0.2) is 0 Å². The van der Waals surface area contributed by atoms with Crippen LogP contribution in [0.25, 0.3) is 0 Å². The molecule has 1 saturated heterocycles. The molecule has 2 N–H and O–H groups in total. The molecule has 1 aliphatic rings. The smallest absolute Gasteiger partial charge is 0.317 e. The number of carbonyl (C=O) groups excluding carboxylic acids is 1. The number of carboxylic acid groups (broad SMARTS) is 1. The number of hydrogen-bond donors (Lipinski definition) is 2. The van der Waals surface area contributed by atoms with Crippen molar-refractivity contribution in [2.45, 2.75) is 54.0 Å². The zero-order chi connectivity index (χ0) is 15.7. The van der Waals surface area contributed by atoms with Gasteiger partial charge in [0.25, 0.3) is 0 Å². The summed E-state index contributed by atoms with van der Waals surface area (Å²) in [5.41, 5.74) is -0.820. The lowest BCUT2D eigenvalue weighted by molar-refractivity contribution is -0.150. The maximum absolute atomic E-state index is 12.3. The molecular weight excluding hydrogens is 256 g/mol. The first kappa shape index (κ1) is 16.8. The van der Waals surface area contributed by atoms with E-state index in [9.17, 15) is 14.7 Å². The summed E-state index contributed by atoms with van der Waals surface area (Å²) in [5, 5.41) is 12.5. The van der Waals surface area contributed by atoms with E-state index in [0.717, 1.165) is 0 Å². The predicted molar refractivity (Wildman–Crippen MR) is 78.5 cm³/mol. The first-order chi connectivity index (χ1) is 9.00. The summed E-state index contributed by atoms with van der Waals surface area (Å²) in [5.74, 6) is -0.787. The second-order valence-corrected chi connectivity index (χ2v) is 7.32. The quantitative estimate of drug-likeness (QED) is 0.837. The standard InChI is InChI=1S/C15H28N2O3/c1-10(2)15(12(18)19)7-8-17(9-15)13(20)16-11(3)14(4,5)6/h10-11H,7-9H2,1-6H3,(H,16,20)(H,18,19). The third-order valence-electron chi connectivity index (χ3n) is 4.76. The van der Waals surface area contributed by atoms with Crippen LogP contribution in [-0.2, 0) is 4.79 Å². The molecule has 0 spiro atoms. The molecule has 5 heteroatoms. The molecule has 1 heterocycles. The number of amides is 2. The maximum atomic E-state index is 12.3. The van der Waals surface area contributed by atoms with Gasteiger partial charge in [-0.1, -0.05) is 34.6 Å². The largest absolute Gasteiger partial charge is 0.481 e. The number of carbonyl (C=O) groups is 2. The van der Waals surface area contributed by atoms with Gasteiger partial charge in [-0.25, -0.2) is 4.79 Å². The molecule has 20 heavy (non-hydrogen) atoms. The second-order valence-electron chi connectivity index (χ2n) is 7.32. The van der Waals surface area contributed by atoms with Gasteiger partial charge in [0.15, 0.2) is 0 Å². The van der Waals surface area contributed by atoms with Crippen molar-refractivity contribution in [3.63, 3.8) is 0 Å². The summed E-state index contributed by atoms with van der Waals surface area (Å²) in [6, 6.07) is -0.120. The van der Waals surface area contributed by atoms with Crippen LogP contribution in [0.4, 0.5) is 4.79 Å². The Morgan fingerprint density at radius 2 is 1.80 bits per heavy atom. The first-order valence-corrected chi connectivity index (χ1v) is 7.29. The van der Waals surface area contributed by atoms with Crippen LogP contribution in [0.5, 0.6) is 0 Å². The van der Waals surface area contributed by atoms with Crippen LogP contribution >= 0.6 is 0 Å². The fourth-order valence-corrected chi connectivity index (χ4v) is 2.39. The molecule has 0 radical (unpaired) electrons. The number of nitrogens with zero attached hydrogens (tertiary/aromatic N) is 1. The number of hydrogen-bond acceptors (Lipinski definition) is 2. The zero-order valence-corrected chi connectivity index (χ0v) is 13.5. The Hall–Kier alpha value is -1.26. The van der Waals surface area contributed by atoms with E-state index in [1.807, 2.05) is 20.8 Å². The second kappa shape index (κ2) is 5.62. The normalized spacial score (nSPS) is 24.9. The molecular formula is C15H28N2O3. The monoisotopic (exact) mass is 284 g/mol. The summed E-state index contributed by atoms with van der Waals surface area (Å²) in [7, 11) is 0. The van der Waals surface area contributed by atoms with Gasteiger partial charge in [-0.3, -0.25) is 4.79 Å². The zero-order valence-electron chi connectivity index (χ0n) is 13.5. The van der Waals surface area contributed by atoms with Crippen molar-refractivity contribution in [3.8, 4) is 0 Å². The third kappa shape index (κ3) is 3.25. The van der Waals surface area contributed by atoms with E-state index in [4.69, 9.17) is 0 Å². The Morgan fingerprint density at radius 1 is 1.25 bits per heavy atom. The molecule has 0 saturated carbocycles. The van der Waals surface area contributed by atoms with Crippen molar-refractivity contribution in [1.29, 1.82) is 0 Å². The molecule has 0 aromatic rings. The fraction of sp³-hybridized carbons (Fsp3) is 0.867. The Balaban J connectivity index is 2.73. The van der Waals surface area contributed by atoms with Crippen LogP contribution in [0.1, 0.15) is 48.0 Å². The summed E-state index contributed by atoms with van der Waals surface area (Å²) in [6.45, 7) is 12.8. The minimum absolute atomic E-state index is 0.0119. The molecule has 0 bridgehead atoms. The van der Waals surface area contributed by atoms with Crippen molar-refractivity contribution in [2.24, 2.45) is 16.7 Å². The summed E-state index contributed by atoms with van der Waals surface area (Å²) in [6.07, 6.45) is 0.525. The topological polar surface area (TPSA) is 69.6 Å². The van der Waals surface area contributed by atoms with E-state index in [1.54, 1.807) is 4.90 Å². The van der Waals surface area contributed by atoms with E-state index in [-0.39, 0.29) is 23.4 Å². The van der Waals surface area contributed by atoms with Gasteiger partial charge >= 0.3 is 12.0 Å². The Kier molecular flexibility index (Phi) is 4.72. The summed E-state index contributed by atoms with van der Waals surface area (Å²) in [4.78, 5) is 25.4. The van der Waals surface area contributed by atoms with E-state index in [1.165, 1.54) is 0 Å². The van der Waals surface area contributed by atoms with E-state index in [2.05, 4.69) is 26.1 Å². The molecule has 0 aromatic heterocycles. The number of rotatable bonds is 3. The molecule has 1 rings (SSSR count). The van der Waals surface area contributed by atoms with Gasteiger partial charge in [-0.15, -0.1) is 0 Å². The van der Waals surface area contributed by atoms with Crippen LogP contribution in [0, 0.1) is 16.7 Å². The first-order valence-electron chi connectivity index (χ1n) is 7.29. The van der Waals surface area contributed by atoms with Gasteiger partial charge in [0.1, 0.15) is 0 Å². The molecule has 116 valence electrons. The van der Waals surface area contributed by atoms with Gasteiger partial charge in [0, 0.05) is 19.1 Å². The highest BCUT2D eigenvalue weighted by atomic mass is 16.4. The SMILES string of the molecule is CC(NC(=O)N1CCC(C(=O)O)(C(C)C)C1)C(C)(C)C. The molecule has 1 aliphatic heterocycles. The highest BCUT2D eigenvalue weighted by molar-refractivity contribution is 5.80. The van der Waals surface area contributed by atoms with Crippen molar-refractivity contribution in [2.75, 3.05) is 13.1 Å². The van der Waals surface area contributed by atoms with Gasteiger partial charge in [-0.2, -0.15) is 0 Å². The molecule has 2 atom stereocenters. The highest BCUT2D eigenvalue weighted by Gasteiger charge is 2.48. The Morgan fingerprint density at radius 3 is 2.15 bits per heavy atom. The fourth-order valence-electron chi connectivity index (χ4n) is 2.39. The average molecular weight is 284 g/mol. The number of nitrogens with one attached hydrogen (secondary N) is 1. The average Bonchev–Trinajstić information content (AvgIpc) is 2.73. The molecule has 0 aliphatic carbocycles. The van der Waals surface area contributed by atoms with Gasteiger partial charge < -0.3 is 15.3 Å².